The van der Waals surface area contributed by atoms with Gasteiger partial charge in [-0.25, -0.2) is 4.99 Å². The second-order valence-electron chi connectivity index (χ2n) is 8.82. The SMILES string of the molecule is COc1cccc([C@H]2C3=C(N=c4s/c(=C\c5ccc(OC)c(O)c5)c(=O)n42)c2ccccc2CC3)c1. The smallest absolute Gasteiger partial charge is 0.271 e. The molecule has 6 rings (SSSR count). The van der Waals surface area contributed by atoms with E-state index in [1.807, 2.05) is 36.4 Å². The number of aryl methyl sites for hydroxylation is 1. The molecule has 6 nitrogen and oxygen atoms in total. The minimum Gasteiger partial charge on any atom is -0.504 e. The molecule has 180 valence electrons. The topological polar surface area (TPSA) is 73.1 Å². The van der Waals surface area contributed by atoms with Crippen molar-refractivity contribution in [2.24, 2.45) is 4.99 Å². The van der Waals surface area contributed by atoms with Gasteiger partial charge in [0.2, 0.25) is 0 Å². The van der Waals surface area contributed by atoms with Crippen molar-refractivity contribution >= 4 is 23.1 Å². The Morgan fingerprint density at radius 3 is 2.69 bits per heavy atom. The van der Waals surface area contributed by atoms with Crippen LogP contribution in [0.5, 0.6) is 17.2 Å². The molecule has 0 saturated heterocycles. The largest absolute Gasteiger partial charge is 0.504 e. The van der Waals surface area contributed by atoms with Crippen molar-refractivity contribution in [3.05, 3.63) is 114 Å². The van der Waals surface area contributed by atoms with E-state index in [2.05, 4.69) is 18.2 Å². The number of ether oxygens (including phenoxy) is 2. The number of fused-ring (bicyclic) bond motifs is 3. The highest BCUT2D eigenvalue weighted by molar-refractivity contribution is 7.07. The number of benzene rings is 3. The van der Waals surface area contributed by atoms with Gasteiger partial charge in [0.25, 0.3) is 5.56 Å². The van der Waals surface area contributed by atoms with Crippen LogP contribution in [0, 0.1) is 0 Å². The van der Waals surface area contributed by atoms with E-state index < -0.39 is 0 Å². The van der Waals surface area contributed by atoms with Gasteiger partial charge >= 0.3 is 0 Å². The summed E-state index contributed by atoms with van der Waals surface area (Å²) in [4.78, 5) is 19.5. The minimum atomic E-state index is -0.272. The zero-order valence-corrected chi connectivity index (χ0v) is 20.7. The third-order valence-corrected chi connectivity index (χ3v) is 7.77. The Labute approximate surface area is 211 Å². The van der Waals surface area contributed by atoms with E-state index in [9.17, 15) is 9.90 Å². The summed E-state index contributed by atoms with van der Waals surface area (Å²) >= 11 is 1.36. The molecule has 1 aliphatic heterocycles. The standard InChI is InChI=1S/C29H24N2O4S/c1-34-20-8-5-7-19(16-20)27-22-12-11-18-6-3-4-9-21(18)26(22)30-29-31(27)28(33)25(36-29)15-17-10-13-24(35-2)23(32)14-17/h3-10,13-16,27,32H,11-12H2,1-2H3/b25-15-/t27-/m0/s1. The van der Waals surface area contributed by atoms with Gasteiger partial charge in [-0.3, -0.25) is 9.36 Å². The van der Waals surface area contributed by atoms with E-state index in [1.54, 1.807) is 29.9 Å². The molecule has 0 saturated carbocycles. The molecule has 7 heteroatoms. The predicted octanol–water partition coefficient (Wildman–Crippen LogP) is 4.04. The molecule has 1 N–H and O–H groups in total. The molecule has 4 aromatic rings. The number of nitrogens with zero attached hydrogens (tertiary/aromatic N) is 2. The number of allylic oxidation sites excluding steroid dienone is 1. The number of aromatic hydroxyl groups is 1. The molecule has 0 fully saturated rings. The van der Waals surface area contributed by atoms with E-state index in [4.69, 9.17) is 14.5 Å². The number of aromatic nitrogens is 1. The lowest BCUT2D eigenvalue weighted by atomic mass is 9.83. The van der Waals surface area contributed by atoms with Crippen molar-refractivity contribution in [1.29, 1.82) is 0 Å². The summed E-state index contributed by atoms with van der Waals surface area (Å²) in [5.41, 5.74) is 6.10. The summed E-state index contributed by atoms with van der Waals surface area (Å²) in [5, 5.41) is 10.2. The van der Waals surface area contributed by atoms with Gasteiger partial charge in [0.1, 0.15) is 5.75 Å². The van der Waals surface area contributed by atoms with Crippen LogP contribution < -0.4 is 24.4 Å². The first-order valence-corrected chi connectivity index (χ1v) is 12.5. The highest BCUT2D eigenvalue weighted by Crippen LogP contribution is 2.41. The Hall–Kier alpha value is -4.10. The van der Waals surface area contributed by atoms with Crippen molar-refractivity contribution < 1.29 is 14.6 Å². The van der Waals surface area contributed by atoms with Gasteiger partial charge in [-0.05, 0) is 65.4 Å². The van der Waals surface area contributed by atoms with Gasteiger partial charge in [-0.1, -0.05) is 53.8 Å². The summed E-state index contributed by atoms with van der Waals surface area (Å²) in [6.45, 7) is 0. The Morgan fingerprint density at radius 1 is 1.03 bits per heavy atom. The van der Waals surface area contributed by atoms with E-state index in [-0.39, 0.29) is 17.4 Å². The third kappa shape index (κ3) is 3.63. The van der Waals surface area contributed by atoms with Crippen LogP contribution in [0.1, 0.15) is 34.7 Å². The summed E-state index contributed by atoms with van der Waals surface area (Å²) in [5.74, 6) is 1.16. The number of phenols is 1. The number of hydrogen-bond acceptors (Lipinski definition) is 6. The van der Waals surface area contributed by atoms with E-state index in [0.29, 0.717) is 20.6 Å². The molecule has 36 heavy (non-hydrogen) atoms. The summed E-state index contributed by atoms with van der Waals surface area (Å²) < 4.78 is 13.0. The minimum absolute atomic E-state index is 0.0281. The molecule has 0 amide bonds. The molecular formula is C29H24N2O4S. The summed E-state index contributed by atoms with van der Waals surface area (Å²) in [7, 11) is 3.15. The first-order valence-electron chi connectivity index (χ1n) is 11.7. The average Bonchev–Trinajstić information content (AvgIpc) is 3.21. The average molecular weight is 497 g/mol. The van der Waals surface area contributed by atoms with Crippen LogP contribution in [0.2, 0.25) is 0 Å². The quantitative estimate of drug-likeness (QED) is 0.463. The molecule has 1 aromatic heterocycles. The van der Waals surface area contributed by atoms with Crippen LogP contribution in [-0.2, 0) is 6.42 Å². The fourth-order valence-electron chi connectivity index (χ4n) is 5.08. The van der Waals surface area contributed by atoms with Crippen molar-refractivity contribution in [2.45, 2.75) is 18.9 Å². The maximum Gasteiger partial charge on any atom is 0.271 e. The van der Waals surface area contributed by atoms with Gasteiger partial charge in [0.05, 0.1) is 30.5 Å². The summed E-state index contributed by atoms with van der Waals surface area (Å²) in [6, 6.07) is 21.1. The highest BCUT2D eigenvalue weighted by atomic mass is 32.1. The monoisotopic (exact) mass is 496 g/mol. The predicted molar refractivity (Wildman–Crippen MR) is 140 cm³/mol. The van der Waals surface area contributed by atoms with E-state index in [0.717, 1.165) is 41.0 Å². The van der Waals surface area contributed by atoms with E-state index in [1.165, 1.54) is 24.0 Å². The second kappa shape index (κ2) is 8.84. The number of hydrogen-bond donors (Lipinski definition) is 1. The fraction of sp³-hybridized carbons (Fsp3) is 0.172. The molecule has 3 aromatic carbocycles. The Morgan fingerprint density at radius 2 is 1.89 bits per heavy atom. The van der Waals surface area contributed by atoms with Crippen LogP contribution in [-0.4, -0.2) is 23.9 Å². The Bertz CT molecular complexity index is 1710. The van der Waals surface area contributed by atoms with Gasteiger partial charge < -0.3 is 14.6 Å². The number of thiazole rings is 1. The zero-order chi connectivity index (χ0) is 24.8. The lowest BCUT2D eigenvalue weighted by Crippen LogP contribution is -2.38. The van der Waals surface area contributed by atoms with Gasteiger partial charge in [-0.2, -0.15) is 0 Å². The van der Waals surface area contributed by atoms with Gasteiger partial charge in [0, 0.05) is 5.56 Å². The first kappa shape index (κ1) is 22.4. The third-order valence-electron chi connectivity index (χ3n) is 6.78. The van der Waals surface area contributed by atoms with E-state index >= 15 is 0 Å². The van der Waals surface area contributed by atoms with Gasteiger partial charge in [0.15, 0.2) is 16.3 Å². The highest BCUT2D eigenvalue weighted by Gasteiger charge is 2.32. The van der Waals surface area contributed by atoms with Crippen LogP contribution in [0.15, 0.2) is 82.1 Å². The first-order chi connectivity index (χ1) is 17.6. The molecule has 0 bridgehead atoms. The van der Waals surface area contributed by atoms with Crippen molar-refractivity contribution in [1.82, 2.24) is 4.57 Å². The zero-order valence-electron chi connectivity index (χ0n) is 19.9. The molecule has 0 radical (unpaired) electrons. The van der Waals surface area contributed by atoms with Crippen LogP contribution in [0.3, 0.4) is 0 Å². The van der Waals surface area contributed by atoms with Crippen molar-refractivity contribution in [3.63, 3.8) is 0 Å². The normalized spacial score (nSPS) is 16.6. The fourth-order valence-corrected chi connectivity index (χ4v) is 6.08. The van der Waals surface area contributed by atoms with Gasteiger partial charge in [-0.15, -0.1) is 0 Å². The maximum absolute atomic E-state index is 13.8. The second-order valence-corrected chi connectivity index (χ2v) is 9.83. The summed E-state index contributed by atoms with van der Waals surface area (Å²) in [6.07, 6.45) is 3.52. The molecule has 2 aliphatic rings. The van der Waals surface area contributed by atoms with Crippen LogP contribution in [0.25, 0.3) is 11.8 Å². The molecule has 1 aliphatic carbocycles. The number of methoxy groups -OCH3 is 2. The van der Waals surface area contributed by atoms with Crippen molar-refractivity contribution in [3.8, 4) is 17.2 Å². The molecular weight excluding hydrogens is 472 g/mol. The Balaban J connectivity index is 1.60. The molecule has 1 atom stereocenters. The van der Waals surface area contributed by atoms with Crippen LogP contribution in [0.4, 0.5) is 0 Å². The lowest BCUT2D eigenvalue weighted by molar-refractivity contribution is 0.373. The van der Waals surface area contributed by atoms with Crippen molar-refractivity contribution in [2.75, 3.05) is 14.2 Å². The molecule has 0 unspecified atom stereocenters. The number of phenolic OH excluding ortho intramolecular Hbond substituents is 1. The maximum atomic E-state index is 13.8. The Kier molecular flexibility index (Phi) is 5.49. The van der Waals surface area contributed by atoms with Crippen LogP contribution >= 0.6 is 11.3 Å². The number of rotatable bonds is 4. The molecule has 0 spiro atoms. The molecule has 2 heterocycles. The lowest BCUT2D eigenvalue weighted by Gasteiger charge is -2.31.